The summed E-state index contributed by atoms with van der Waals surface area (Å²) in [5, 5.41) is 0. The Morgan fingerprint density at radius 1 is 0.774 bits per heavy atom. The van der Waals surface area contributed by atoms with E-state index >= 15 is 0 Å². The maximum absolute atomic E-state index is 14.9. The Bertz CT molecular complexity index is 1050. The molecule has 1 nitrogen and oxygen atoms in total. The second-order valence-electron chi connectivity index (χ2n) is 8.45. The molecule has 0 spiro atoms. The summed E-state index contributed by atoms with van der Waals surface area (Å²) in [5.41, 5.74) is 2.96. The summed E-state index contributed by atoms with van der Waals surface area (Å²) in [6.45, 7) is 4.25. The van der Waals surface area contributed by atoms with Crippen LogP contribution in [0.2, 0.25) is 0 Å². The van der Waals surface area contributed by atoms with Gasteiger partial charge in [0.05, 0.1) is 6.61 Å². The molecule has 162 valence electrons. The van der Waals surface area contributed by atoms with Crippen molar-refractivity contribution >= 4 is 0 Å². The van der Waals surface area contributed by atoms with Crippen LogP contribution in [-0.2, 0) is 0 Å². The summed E-state index contributed by atoms with van der Waals surface area (Å²) < 4.78 is 48.7. The molecule has 0 atom stereocenters. The Balaban J connectivity index is 1.57. The van der Waals surface area contributed by atoms with Gasteiger partial charge in [-0.05, 0) is 66.5 Å². The van der Waals surface area contributed by atoms with E-state index in [0.29, 0.717) is 22.6 Å². The number of benzene rings is 3. The molecule has 3 aromatic rings. The van der Waals surface area contributed by atoms with Crippen LogP contribution in [0.1, 0.15) is 51.0 Å². The van der Waals surface area contributed by atoms with Gasteiger partial charge in [-0.1, -0.05) is 56.2 Å². The second kappa shape index (κ2) is 9.17. The Morgan fingerprint density at radius 3 is 2.00 bits per heavy atom. The Hall–Kier alpha value is -2.75. The van der Waals surface area contributed by atoms with Crippen molar-refractivity contribution in [1.82, 2.24) is 0 Å². The lowest BCUT2D eigenvalue weighted by Crippen LogP contribution is -2.11. The van der Waals surface area contributed by atoms with Crippen molar-refractivity contribution in [2.45, 2.75) is 45.4 Å². The Morgan fingerprint density at radius 2 is 1.39 bits per heavy atom. The minimum absolute atomic E-state index is 0.102. The molecule has 1 fully saturated rings. The molecule has 31 heavy (non-hydrogen) atoms. The summed E-state index contributed by atoms with van der Waals surface area (Å²) in [6.07, 6.45) is 4.61. The van der Waals surface area contributed by atoms with Crippen molar-refractivity contribution in [3.8, 4) is 28.0 Å². The van der Waals surface area contributed by atoms with E-state index in [4.69, 9.17) is 4.74 Å². The molecule has 1 saturated carbocycles. The predicted molar refractivity (Wildman–Crippen MR) is 119 cm³/mol. The zero-order chi connectivity index (χ0) is 22.0. The first-order valence-electron chi connectivity index (χ1n) is 11.0. The maximum atomic E-state index is 14.9. The van der Waals surface area contributed by atoms with E-state index in [1.807, 2.05) is 12.1 Å². The van der Waals surface area contributed by atoms with Crippen LogP contribution in [0.4, 0.5) is 13.2 Å². The number of halogens is 3. The zero-order valence-electron chi connectivity index (χ0n) is 17.9. The molecule has 0 amide bonds. The molecule has 0 saturated heterocycles. The number of ether oxygens (including phenoxy) is 1. The average molecular weight is 425 g/mol. The molecule has 1 aliphatic carbocycles. The van der Waals surface area contributed by atoms with E-state index < -0.39 is 11.6 Å². The molecule has 0 heterocycles. The monoisotopic (exact) mass is 424 g/mol. The van der Waals surface area contributed by atoms with Gasteiger partial charge in [0.1, 0.15) is 5.82 Å². The first-order chi connectivity index (χ1) is 15.0. The fraction of sp³-hybridized carbons (Fsp3) is 0.333. The molecule has 0 radical (unpaired) electrons. The topological polar surface area (TPSA) is 9.23 Å². The van der Waals surface area contributed by atoms with Gasteiger partial charge in [-0.15, -0.1) is 0 Å². The van der Waals surface area contributed by atoms with Crippen molar-refractivity contribution < 1.29 is 17.9 Å². The minimum atomic E-state index is -0.998. The van der Waals surface area contributed by atoms with Crippen LogP contribution in [-0.4, -0.2) is 6.61 Å². The first kappa shape index (κ1) is 21.5. The quantitative estimate of drug-likeness (QED) is 0.402. The number of hydrogen-bond donors (Lipinski definition) is 0. The molecule has 3 aromatic carbocycles. The van der Waals surface area contributed by atoms with Crippen LogP contribution in [0.3, 0.4) is 0 Å². The van der Waals surface area contributed by atoms with Crippen LogP contribution in [0.5, 0.6) is 5.75 Å². The Labute approximate surface area is 181 Å². The number of hydrogen-bond acceptors (Lipinski definition) is 1. The summed E-state index contributed by atoms with van der Waals surface area (Å²) in [6, 6.07) is 15.3. The number of rotatable bonds is 5. The minimum Gasteiger partial charge on any atom is -0.491 e. The largest absolute Gasteiger partial charge is 0.491 e. The molecular weight excluding hydrogens is 397 g/mol. The van der Waals surface area contributed by atoms with Gasteiger partial charge < -0.3 is 4.74 Å². The lowest BCUT2D eigenvalue weighted by molar-refractivity contribution is 0.314. The normalized spacial score (nSPS) is 18.7. The lowest BCUT2D eigenvalue weighted by Gasteiger charge is -2.26. The summed E-state index contributed by atoms with van der Waals surface area (Å²) >= 11 is 0. The third kappa shape index (κ3) is 4.48. The standard InChI is InChI=1S/C27H27F3O/c1-3-31-25-15-14-23(26(29)27(25)30)20-10-8-19(9-11-20)22-13-12-21(16-24(22)28)18-6-4-17(2)5-7-18/h8-18H,3-7H2,1-2H3. The van der Waals surface area contributed by atoms with Gasteiger partial charge in [0.2, 0.25) is 5.82 Å². The molecule has 0 bridgehead atoms. The summed E-state index contributed by atoms with van der Waals surface area (Å²) in [4.78, 5) is 0. The second-order valence-corrected chi connectivity index (χ2v) is 8.45. The highest BCUT2D eigenvalue weighted by Gasteiger charge is 2.21. The van der Waals surface area contributed by atoms with E-state index in [0.717, 1.165) is 24.3 Å². The fourth-order valence-corrected chi connectivity index (χ4v) is 4.46. The molecule has 4 heteroatoms. The molecule has 4 rings (SSSR count). The van der Waals surface area contributed by atoms with Crippen LogP contribution in [0, 0.1) is 23.4 Å². The molecule has 1 aliphatic rings. The van der Waals surface area contributed by atoms with E-state index in [9.17, 15) is 13.2 Å². The molecular formula is C27H27F3O. The van der Waals surface area contributed by atoms with Crippen molar-refractivity contribution in [3.63, 3.8) is 0 Å². The predicted octanol–water partition coefficient (Wildman–Crippen LogP) is 8.13. The Kier molecular flexibility index (Phi) is 6.35. The summed E-state index contributed by atoms with van der Waals surface area (Å²) in [7, 11) is 0. The van der Waals surface area contributed by atoms with Crippen LogP contribution < -0.4 is 4.74 Å². The van der Waals surface area contributed by atoms with Gasteiger partial charge >= 0.3 is 0 Å². The highest BCUT2D eigenvalue weighted by Crippen LogP contribution is 2.37. The molecule has 0 aromatic heterocycles. The van der Waals surface area contributed by atoms with Crippen molar-refractivity contribution in [1.29, 1.82) is 0 Å². The fourth-order valence-electron chi connectivity index (χ4n) is 4.46. The van der Waals surface area contributed by atoms with Gasteiger partial charge in [0.15, 0.2) is 11.6 Å². The van der Waals surface area contributed by atoms with Crippen LogP contribution in [0.25, 0.3) is 22.3 Å². The third-order valence-corrected chi connectivity index (χ3v) is 6.33. The van der Waals surface area contributed by atoms with Gasteiger partial charge in [0, 0.05) is 11.1 Å². The first-order valence-corrected chi connectivity index (χ1v) is 11.0. The molecule has 0 N–H and O–H groups in total. The van der Waals surface area contributed by atoms with E-state index in [-0.39, 0.29) is 23.7 Å². The summed E-state index contributed by atoms with van der Waals surface area (Å²) in [5.74, 6) is -1.11. The zero-order valence-corrected chi connectivity index (χ0v) is 17.9. The molecule has 0 aliphatic heterocycles. The lowest BCUT2D eigenvalue weighted by atomic mass is 9.79. The van der Waals surface area contributed by atoms with E-state index in [1.54, 1.807) is 37.3 Å². The SMILES string of the molecule is CCOc1ccc(-c2ccc(-c3ccc(C4CCC(C)CC4)cc3F)cc2)c(F)c1F. The maximum Gasteiger partial charge on any atom is 0.201 e. The van der Waals surface area contributed by atoms with Gasteiger partial charge in [-0.3, -0.25) is 0 Å². The smallest absolute Gasteiger partial charge is 0.201 e. The average Bonchev–Trinajstić information content (AvgIpc) is 2.78. The van der Waals surface area contributed by atoms with Crippen molar-refractivity contribution in [3.05, 3.63) is 77.6 Å². The van der Waals surface area contributed by atoms with Gasteiger partial charge in [-0.25, -0.2) is 8.78 Å². The van der Waals surface area contributed by atoms with E-state index in [2.05, 4.69) is 6.92 Å². The van der Waals surface area contributed by atoms with Crippen LogP contribution in [0.15, 0.2) is 54.6 Å². The highest BCUT2D eigenvalue weighted by atomic mass is 19.2. The van der Waals surface area contributed by atoms with Gasteiger partial charge in [-0.2, -0.15) is 4.39 Å². The van der Waals surface area contributed by atoms with Crippen molar-refractivity contribution in [2.24, 2.45) is 5.92 Å². The van der Waals surface area contributed by atoms with E-state index in [1.165, 1.54) is 25.0 Å². The highest BCUT2D eigenvalue weighted by molar-refractivity contribution is 5.71. The van der Waals surface area contributed by atoms with Crippen molar-refractivity contribution in [2.75, 3.05) is 6.61 Å². The molecule has 0 unspecified atom stereocenters. The third-order valence-electron chi connectivity index (χ3n) is 6.33. The van der Waals surface area contributed by atoms with Gasteiger partial charge in [0.25, 0.3) is 0 Å². The van der Waals surface area contributed by atoms with Crippen LogP contribution >= 0.6 is 0 Å².